The lowest BCUT2D eigenvalue weighted by atomic mass is 10.1. The summed E-state index contributed by atoms with van der Waals surface area (Å²) in [7, 11) is 0. The fourth-order valence-electron chi connectivity index (χ4n) is 1.82. The number of amides is 1. The highest BCUT2D eigenvalue weighted by molar-refractivity contribution is 5.70. The van der Waals surface area contributed by atoms with Crippen molar-refractivity contribution in [3.05, 3.63) is 23.5 Å². The number of hydrogen-bond acceptors (Lipinski definition) is 3. The van der Waals surface area contributed by atoms with Crippen LogP contribution in [0, 0.1) is 0 Å². The normalized spacial score (nSPS) is 19.6. The van der Waals surface area contributed by atoms with Gasteiger partial charge in [-0.25, -0.2) is 4.79 Å². The maximum absolute atomic E-state index is 11.8. The van der Waals surface area contributed by atoms with Crippen LogP contribution >= 0.6 is 0 Å². The molecule has 4 nitrogen and oxygen atoms in total. The molecule has 16 heavy (non-hydrogen) atoms. The zero-order valence-corrected chi connectivity index (χ0v) is 10.0. The Labute approximate surface area is 95.9 Å². The summed E-state index contributed by atoms with van der Waals surface area (Å²) >= 11 is 0. The van der Waals surface area contributed by atoms with Gasteiger partial charge < -0.3 is 10.1 Å². The number of nitrogens with zero attached hydrogens (tertiary/aromatic N) is 1. The van der Waals surface area contributed by atoms with Crippen molar-refractivity contribution in [1.82, 2.24) is 10.2 Å². The minimum Gasteiger partial charge on any atom is -0.443 e. The maximum Gasteiger partial charge on any atom is 0.414 e. The van der Waals surface area contributed by atoms with E-state index in [4.69, 9.17) is 4.74 Å². The number of carbonyl (C=O) groups is 1. The lowest BCUT2D eigenvalue weighted by Crippen LogP contribution is -2.35. The Morgan fingerprint density at radius 3 is 2.94 bits per heavy atom. The third kappa shape index (κ3) is 2.38. The van der Waals surface area contributed by atoms with Crippen LogP contribution in [0.5, 0.6) is 0 Å². The Morgan fingerprint density at radius 1 is 1.50 bits per heavy atom. The number of rotatable bonds is 0. The van der Waals surface area contributed by atoms with Crippen molar-refractivity contribution in [3.63, 3.8) is 0 Å². The second-order valence-corrected chi connectivity index (χ2v) is 5.12. The first-order valence-electron chi connectivity index (χ1n) is 5.59. The monoisotopic (exact) mass is 222 g/mol. The molecule has 0 aromatic heterocycles. The van der Waals surface area contributed by atoms with Crippen LogP contribution in [-0.2, 0) is 4.74 Å². The van der Waals surface area contributed by atoms with E-state index in [2.05, 4.69) is 5.32 Å². The van der Waals surface area contributed by atoms with Crippen molar-refractivity contribution in [2.45, 2.75) is 32.8 Å². The standard InChI is InChI=1S/C12H18N2O2/c1-12(2,3)16-11(15)14-7-5-10-9(8-14)4-6-13-10/h5,7,13H,4,6,8H2,1-3H3. The average Bonchev–Trinajstić information content (AvgIpc) is 2.61. The molecule has 0 radical (unpaired) electrons. The van der Waals surface area contributed by atoms with Gasteiger partial charge in [-0.3, -0.25) is 4.90 Å². The molecule has 2 rings (SSSR count). The number of carbonyl (C=O) groups excluding carboxylic acids is 1. The molecule has 2 aliphatic heterocycles. The third-order valence-electron chi connectivity index (χ3n) is 2.53. The molecule has 1 amide bonds. The van der Waals surface area contributed by atoms with Crippen LogP contribution in [0.2, 0.25) is 0 Å². The molecular formula is C12H18N2O2. The molecule has 0 aliphatic carbocycles. The van der Waals surface area contributed by atoms with Crippen LogP contribution in [0.4, 0.5) is 4.79 Å². The van der Waals surface area contributed by atoms with E-state index >= 15 is 0 Å². The summed E-state index contributed by atoms with van der Waals surface area (Å²) in [5.41, 5.74) is 2.02. The summed E-state index contributed by atoms with van der Waals surface area (Å²) < 4.78 is 5.32. The molecule has 88 valence electrons. The molecule has 0 saturated heterocycles. The van der Waals surface area contributed by atoms with Crippen molar-refractivity contribution in [2.24, 2.45) is 0 Å². The van der Waals surface area contributed by atoms with E-state index < -0.39 is 5.60 Å². The molecule has 0 saturated carbocycles. The van der Waals surface area contributed by atoms with E-state index in [9.17, 15) is 4.79 Å². The topological polar surface area (TPSA) is 41.6 Å². The van der Waals surface area contributed by atoms with E-state index in [0.29, 0.717) is 6.54 Å². The van der Waals surface area contributed by atoms with Gasteiger partial charge in [-0.1, -0.05) is 0 Å². The van der Waals surface area contributed by atoms with E-state index in [-0.39, 0.29) is 6.09 Å². The van der Waals surface area contributed by atoms with Crippen LogP contribution in [0.15, 0.2) is 23.5 Å². The summed E-state index contributed by atoms with van der Waals surface area (Å²) in [4.78, 5) is 13.4. The van der Waals surface area contributed by atoms with Gasteiger partial charge in [-0.05, 0) is 38.8 Å². The minimum atomic E-state index is -0.437. The fourth-order valence-corrected chi connectivity index (χ4v) is 1.82. The number of ether oxygens (including phenoxy) is 1. The van der Waals surface area contributed by atoms with Gasteiger partial charge in [0, 0.05) is 18.4 Å². The van der Waals surface area contributed by atoms with Crippen molar-refractivity contribution in [2.75, 3.05) is 13.1 Å². The summed E-state index contributed by atoms with van der Waals surface area (Å²) in [5, 5.41) is 3.28. The predicted molar refractivity (Wildman–Crippen MR) is 61.7 cm³/mol. The van der Waals surface area contributed by atoms with E-state index in [1.807, 2.05) is 26.8 Å². The molecule has 2 aliphatic rings. The van der Waals surface area contributed by atoms with Crippen LogP contribution in [-0.4, -0.2) is 29.7 Å². The van der Waals surface area contributed by atoms with Gasteiger partial charge >= 0.3 is 6.09 Å². The smallest absolute Gasteiger partial charge is 0.414 e. The average molecular weight is 222 g/mol. The third-order valence-corrected chi connectivity index (χ3v) is 2.53. The highest BCUT2D eigenvalue weighted by Gasteiger charge is 2.25. The van der Waals surface area contributed by atoms with Crippen molar-refractivity contribution < 1.29 is 9.53 Å². The molecule has 4 heteroatoms. The van der Waals surface area contributed by atoms with Gasteiger partial charge in [0.1, 0.15) is 5.60 Å². The highest BCUT2D eigenvalue weighted by atomic mass is 16.6. The second-order valence-electron chi connectivity index (χ2n) is 5.12. The molecule has 0 fully saturated rings. The van der Waals surface area contributed by atoms with E-state index in [0.717, 1.165) is 13.0 Å². The van der Waals surface area contributed by atoms with Crippen molar-refractivity contribution in [1.29, 1.82) is 0 Å². The number of nitrogens with one attached hydrogen (secondary N) is 1. The quantitative estimate of drug-likeness (QED) is 0.681. The first-order chi connectivity index (χ1) is 7.46. The van der Waals surface area contributed by atoms with Crippen LogP contribution in [0.3, 0.4) is 0 Å². The van der Waals surface area contributed by atoms with E-state index in [1.54, 1.807) is 11.1 Å². The molecule has 0 bridgehead atoms. The van der Waals surface area contributed by atoms with Gasteiger partial charge in [0.15, 0.2) is 0 Å². The Bertz CT molecular complexity index is 364. The van der Waals surface area contributed by atoms with Gasteiger partial charge in [0.25, 0.3) is 0 Å². The molecule has 0 aromatic carbocycles. The molecule has 2 heterocycles. The predicted octanol–water partition coefficient (Wildman–Crippen LogP) is 2.00. The van der Waals surface area contributed by atoms with Gasteiger partial charge in [0.2, 0.25) is 0 Å². The van der Waals surface area contributed by atoms with Crippen molar-refractivity contribution in [3.8, 4) is 0 Å². The van der Waals surface area contributed by atoms with Gasteiger partial charge in [-0.15, -0.1) is 0 Å². The zero-order chi connectivity index (χ0) is 11.8. The summed E-state index contributed by atoms with van der Waals surface area (Å²) in [6, 6.07) is 0. The Hall–Kier alpha value is -1.45. The van der Waals surface area contributed by atoms with Crippen LogP contribution in [0.25, 0.3) is 0 Å². The number of allylic oxidation sites excluding steroid dienone is 1. The van der Waals surface area contributed by atoms with Crippen LogP contribution in [0.1, 0.15) is 27.2 Å². The largest absolute Gasteiger partial charge is 0.443 e. The lowest BCUT2D eigenvalue weighted by molar-refractivity contribution is 0.0345. The molecular weight excluding hydrogens is 204 g/mol. The first-order valence-corrected chi connectivity index (χ1v) is 5.59. The summed E-state index contributed by atoms with van der Waals surface area (Å²) in [5.74, 6) is 0. The highest BCUT2D eigenvalue weighted by Crippen LogP contribution is 2.22. The SMILES string of the molecule is CC(C)(C)OC(=O)N1C=CC2=C(CCN2)C1. The Morgan fingerprint density at radius 2 is 2.25 bits per heavy atom. The second kappa shape index (κ2) is 3.85. The fraction of sp³-hybridized carbons (Fsp3) is 0.583. The molecule has 1 N–H and O–H groups in total. The molecule has 0 spiro atoms. The summed E-state index contributed by atoms with van der Waals surface area (Å²) in [6.07, 6.45) is 4.46. The summed E-state index contributed by atoms with van der Waals surface area (Å²) in [6.45, 7) is 7.24. The Balaban J connectivity index is 1.99. The van der Waals surface area contributed by atoms with Crippen molar-refractivity contribution >= 4 is 6.09 Å². The van der Waals surface area contributed by atoms with Gasteiger partial charge in [0.05, 0.1) is 6.54 Å². The van der Waals surface area contributed by atoms with Crippen LogP contribution < -0.4 is 5.32 Å². The number of hydrogen-bond donors (Lipinski definition) is 1. The molecule has 0 unspecified atom stereocenters. The molecule has 0 atom stereocenters. The zero-order valence-electron chi connectivity index (χ0n) is 10.0. The lowest BCUT2D eigenvalue weighted by Gasteiger charge is -2.27. The van der Waals surface area contributed by atoms with Gasteiger partial charge in [-0.2, -0.15) is 0 Å². The minimum absolute atomic E-state index is 0.276. The first kappa shape index (κ1) is 11.0. The maximum atomic E-state index is 11.8. The molecule has 0 aromatic rings. The van der Waals surface area contributed by atoms with E-state index in [1.165, 1.54) is 11.3 Å². The Kier molecular flexibility index (Phi) is 2.66.